The van der Waals surface area contributed by atoms with E-state index in [2.05, 4.69) is 9.46 Å². The zero-order valence-electron chi connectivity index (χ0n) is 10.7. The summed E-state index contributed by atoms with van der Waals surface area (Å²) >= 11 is 0. The van der Waals surface area contributed by atoms with E-state index in [1.165, 1.54) is 7.11 Å². The van der Waals surface area contributed by atoms with E-state index in [9.17, 15) is 13.2 Å². The van der Waals surface area contributed by atoms with Gasteiger partial charge in [0.2, 0.25) is 10.0 Å². The highest BCUT2D eigenvalue weighted by molar-refractivity contribution is 7.89. The largest absolute Gasteiger partial charge is 0.469 e. The average Bonchev–Trinajstić information content (AvgIpc) is 3.17. The molecule has 2 fully saturated rings. The molecule has 0 spiro atoms. The maximum Gasteiger partial charge on any atom is 0.305 e. The molecule has 2 aliphatic rings. The molecule has 2 aliphatic carbocycles. The van der Waals surface area contributed by atoms with Crippen LogP contribution in [0.2, 0.25) is 0 Å². The van der Waals surface area contributed by atoms with Crippen molar-refractivity contribution in [2.75, 3.05) is 12.9 Å². The molecule has 0 atom stereocenters. The lowest BCUT2D eigenvalue weighted by Gasteiger charge is -2.17. The third-order valence-corrected chi connectivity index (χ3v) is 5.05. The number of rotatable bonds is 8. The minimum atomic E-state index is -3.25. The van der Waals surface area contributed by atoms with Crippen LogP contribution >= 0.6 is 0 Å². The molecule has 0 radical (unpaired) electrons. The van der Waals surface area contributed by atoms with Crippen molar-refractivity contribution >= 4 is 16.0 Å². The SMILES string of the molecule is COC(=O)CCCS(=O)(=O)NC(C1CC1)C1CC1. The standard InChI is InChI=1S/C12H21NO4S/c1-17-11(14)3-2-8-18(15,16)13-12(9-4-5-9)10-6-7-10/h9-10,12-13H,2-8H2,1H3. The topological polar surface area (TPSA) is 72.5 Å². The number of ether oxygens (including phenoxy) is 1. The molecule has 0 aliphatic heterocycles. The molecule has 0 heterocycles. The van der Waals surface area contributed by atoms with Gasteiger partial charge >= 0.3 is 5.97 Å². The van der Waals surface area contributed by atoms with Crippen molar-refractivity contribution in [2.24, 2.45) is 11.8 Å². The second-order valence-electron chi connectivity index (χ2n) is 5.32. The summed E-state index contributed by atoms with van der Waals surface area (Å²) in [6.07, 6.45) is 5.06. The Morgan fingerprint density at radius 2 is 1.83 bits per heavy atom. The van der Waals surface area contributed by atoms with Crippen molar-refractivity contribution in [1.82, 2.24) is 4.72 Å². The molecule has 0 bridgehead atoms. The summed E-state index contributed by atoms with van der Waals surface area (Å²) in [5, 5.41) is 0. The molecule has 0 aromatic heterocycles. The first-order valence-electron chi connectivity index (χ1n) is 6.58. The predicted octanol–water partition coefficient (Wildman–Crippen LogP) is 1.05. The fraction of sp³-hybridized carbons (Fsp3) is 0.917. The highest BCUT2D eigenvalue weighted by Gasteiger charge is 2.43. The van der Waals surface area contributed by atoms with Crippen LogP contribution in [0.25, 0.3) is 0 Å². The number of methoxy groups -OCH3 is 1. The Morgan fingerprint density at radius 1 is 1.28 bits per heavy atom. The van der Waals surface area contributed by atoms with Crippen LogP contribution in [0.1, 0.15) is 38.5 Å². The maximum atomic E-state index is 11.9. The molecular formula is C12H21NO4S. The molecule has 0 saturated heterocycles. The summed E-state index contributed by atoms with van der Waals surface area (Å²) in [6.45, 7) is 0. The number of carbonyl (C=O) groups is 1. The van der Waals surface area contributed by atoms with E-state index < -0.39 is 10.0 Å². The molecule has 18 heavy (non-hydrogen) atoms. The lowest BCUT2D eigenvalue weighted by molar-refractivity contribution is -0.140. The number of sulfonamides is 1. The van der Waals surface area contributed by atoms with Crippen molar-refractivity contribution in [3.05, 3.63) is 0 Å². The van der Waals surface area contributed by atoms with Crippen molar-refractivity contribution in [3.8, 4) is 0 Å². The summed E-state index contributed by atoms with van der Waals surface area (Å²) < 4.78 is 31.1. The monoisotopic (exact) mass is 275 g/mol. The lowest BCUT2D eigenvalue weighted by atomic mass is 10.1. The van der Waals surface area contributed by atoms with Gasteiger partial charge < -0.3 is 4.74 Å². The van der Waals surface area contributed by atoms with Gasteiger partial charge in [0.05, 0.1) is 12.9 Å². The average molecular weight is 275 g/mol. The van der Waals surface area contributed by atoms with Crippen molar-refractivity contribution in [3.63, 3.8) is 0 Å². The second-order valence-corrected chi connectivity index (χ2v) is 7.19. The van der Waals surface area contributed by atoms with E-state index in [0.29, 0.717) is 18.3 Å². The van der Waals surface area contributed by atoms with Gasteiger partial charge in [0.1, 0.15) is 0 Å². The van der Waals surface area contributed by atoms with Crippen LogP contribution in [-0.4, -0.2) is 33.3 Å². The van der Waals surface area contributed by atoms with Crippen LogP contribution in [0.3, 0.4) is 0 Å². The molecule has 0 aromatic rings. The Morgan fingerprint density at radius 3 is 2.28 bits per heavy atom. The van der Waals surface area contributed by atoms with Gasteiger partial charge in [0, 0.05) is 12.5 Å². The molecule has 0 amide bonds. The van der Waals surface area contributed by atoms with E-state index in [1.807, 2.05) is 0 Å². The summed E-state index contributed by atoms with van der Waals surface area (Å²) in [5.74, 6) is 0.754. The summed E-state index contributed by atoms with van der Waals surface area (Å²) in [6, 6.07) is 0.146. The molecule has 6 heteroatoms. The number of hydrogen-bond donors (Lipinski definition) is 1. The van der Waals surface area contributed by atoms with Crippen LogP contribution in [0.4, 0.5) is 0 Å². The highest BCUT2D eigenvalue weighted by atomic mass is 32.2. The third-order valence-electron chi connectivity index (χ3n) is 3.60. The van der Waals surface area contributed by atoms with Crippen LogP contribution in [-0.2, 0) is 19.6 Å². The Kier molecular flexibility index (Phi) is 4.27. The van der Waals surface area contributed by atoms with Gasteiger partial charge in [0.15, 0.2) is 0 Å². The molecule has 104 valence electrons. The normalized spacial score (nSPS) is 20.1. The van der Waals surface area contributed by atoms with Crippen molar-refractivity contribution in [1.29, 1.82) is 0 Å². The van der Waals surface area contributed by atoms with Gasteiger partial charge in [-0.2, -0.15) is 0 Å². The number of esters is 1. The van der Waals surface area contributed by atoms with Crippen LogP contribution in [0.15, 0.2) is 0 Å². The minimum absolute atomic E-state index is 0.0119. The minimum Gasteiger partial charge on any atom is -0.469 e. The fourth-order valence-corrected chi connectivity index (χ4v) is 3.70. The quantitative estimate of drug-likeness (QED) is 0.672. The highest BCUT2D eigenvalue weighted by Crippen LogP contribution is 2.44. The zero-order chi connectivity index (χ0) is 13.2. The van der Waals surface area contributed by atoms with Crippen molar-refractivity contribution in [2.45, 2.75) is 44.6 Å². The van der Waals surface area contributed by atoms with Gasteiger partial charge in [-0.05, 0) is 43.9 Å². The second kappa shape index (κ2) is 5.57. The Hall–Kier alpha value is -0.620. The molecule has 5 nitrogen and oxygen atoms in total. The van der Waals surface area contributed by atoms with E-state index in [4.69, 9.17) is 0 Å². The van der Waals surface area contributed by atoms with Gasteiger partial charge in [0.25, 0.3) is 0 Å². The van der Waals surface area contributed by atoms with Gasteiger partial charge in [-0.25, -0.2) is 13.1 Å². The van der Waals surface area contributed by atoms with E-state index >= 15 is 0 Å². The number of nitrogens with one attached hydrogen (secondary N) is 1. The fourth-order valence-electron chi connectivity index (χ4n) is 2.26. The predicted molar refractivity (Wildman–Crippen MR) is 67.4 cm³/mol. The molecular weight excluding hydrogens is 254 g/mol. The lowest BCUT2D eigenvalue weighted by Crippen LogP contribution is -2.39. The third kappa shape index (κ3) is 4.24. The summed E-state index contributed by atoms with van der Waals surface area (Å²) in [7, 11) is -1.94. The van der Waals surface area contributed by atoms with Crippen LogP contribution < -0.4 is 4.72 Å². The Labute approximate surface area is 108 Å². The molecule has 2 saturated carbocycles. The zero-order valence-corrected chi connectivity index (χ0v) is 11.5. The Bertz CT molecular complexity index is 386. The van der Waals surface area contributed by atoms with E-state index in [1.54, 1.807) is 0 Å². The molecule has 0 aromatic carbocycles. The molecule has 0 unspecified atom stereocenters. The van der Waals surface area contributed by atoms with Gasteiger partial charge in [-0.1, -0.05) is 0 Å². The first-order chi connectivity index (χ1) is 8.52. The first-order valence-corrected chi connectivity index (χ1v) is 8.24. The van der Waals surface area contributed by atoms with Crippen LogP contribution in [0, 0.1) is 11.8 Å². The van der Waals surface area contributed by atoms with Gasteiger partial charge in [-0.3, -0.25) is 4.79 Å². The smallest absolute Gasteiger partial charge is 0.305 e. The maximum absolute atomic E-state index is 11.9. The summed E-state index contributed by atoms with van der Waals surface area (Å²) in [4.78, 5) is 10.9. The molecule has 1 N–H and O–H groups in total. The summed E-state index contributed by atoms with van der Waals surface area (Å²) in [5.41, 5.74) is 0. The molecule has 2 rings (SSSR count). The number of carbonyl (C=O) groups excluding carboxylic acids is 1. The van der Waals surface area contributed by atoms with E-state index in [-0.39, 0.29) is 24.2 Å². The van der Waals surface area contributed by atoms with Crippen LogP contribution in [0.5, 0.6) is 0 Å². The van der Waals surface area contributed by atoms with Gasteiger partial charge in [-0.15, -0.1) is 0 Å². The first kappa shape index (κ1) is 13.8. The number of hydrogen-bond acceptors (Lipinski definition) is 4. The van der Waals surface area contributed by atoms with Crippen molar-refractivity contribution < 1.29 is 17.9 Å². The van der Waals surface area contributed by atoms with E-state index in [0.717, 1.165) is 25.7 Å². The Balaban J connectivity index is 1.77.